The van der Waals surface area contributed by atoms with Gasteiger partial charge in [0, 0.05) is 18.0 Å². The Hall–Kier alpha value is -2.55. The van der Waals surface area contributed by atoms with Gasteiger partial charge in [0.15, 0.2) is 0 Å². The first-order valence-electron chi connectivity index (χ1n) is 11.9. The Kier molecular flexibility index (Phi) is 8.41. The van der Waals surface area contributed by atoms with Gasteiger partial charge in [-0.1, -0.05) is 49.6 Å². The summed E-state index contributed by atoms with van der Waals surface area (Å²) in [4.78, 5) is 41.5. The number of thiazole rings is 1. The van der Waals surface area contributed by atoms with Gasteiger partial charge in [0.05, 0.1) is 20.8 Å². The van der Waals surface area contributed by atoms with Crippen molar-refractivity contribution in [2.24, 2.45) is 5.92 Å². The number of nitrogens with zero attached hydrogens (tertiary/aromatic N) is 3. The highest BCUT2D eigenvalue weighted by Crippen LogP contribution is 2.48. The van der Waals surface area contributed by atoms with Gasteiger partial charge in [-0.15, -0.1) is 11.3 Å². The van der Waals surface area contributed by atoms with E-state index in [1.807, 2.05) is 26.8 Å². The molecule has 14 heteroatoms. The number of allylic oxidation sites excluding steroid dienone is 1. The predicted octanol–water partition coefficient (Wildman–Crippen LogP) is 4.28. The summed E-state index contributed by atoms with van der Waals surface area (Å²) < 4.78 is 42.4. The molecule has 0 radical (unpaired) electrons. The summed E-state index contributed by atoms with van der Waals surface area (Å²) in [5, 5.41) is 9.85. The third-order valence-electron chi connectivity index (χ3n) is 6.07. The number of hydrogen-bond acceptors (Lipinski definition) is 8. The number of thiocarbonyl (C=S) groups is 1. The van der Waals surface area contributed by atoms with E-state index in [1.165, 1.54) is 22.4 Å². The van der Waals surface area contributed by atoms with Gasteiger partial charge >= 0.3 is 12.1 Å². The van der Waals surface area contributed by atoms with Crippen LogP contribution in [0.3, 0.4) is 0 Å². The number of amides is 1. The number of fused-ring (bicyclic) bond motifs is 1. The van der Waals surface area contributed by atoms with Crippen molar-refractivity contribution in [1.29, 1.82) is 0 Å². The van der Waals surface area contributed by atoms with Crippen molar-refractivity contribution in [2.75, 3.05) is 18.0 Å². The maximum atomic E-state index is 13.6. The van der Waals surface area contributed by atoms with Crippen molar-refractivity contribution in [2.45, 2.75) is 45.3 Å². The van der Waals surface area contributed by atoms with Gasteiger partial charge in [0.2, 0.25) is 0 Å². The molecule has 0 unspecified atom stereocenters. The summed E-state index contributed by atoms with van der Waals surface area (Å²) in [6, 6.07) is 3.66. The quantitative estimate of drug-likeness (QED) is 0.483. The number of aromatic nitrogens is 1. The lowest BCUT2D eigenvalue weighted by atomic mass is 10.0. The van der Waals surface area contributed by atoms with Crippen molar-refractivity contribution in [1.82, 2.24) is 9.47 Å². The zero-order valence-corrected chi connectivity index (χ0v) is 24.6. The minimum atomic E-state index is -4.46. The zero-order valence-electron chi connectivity index (χ0n) is 21.3. The second-order valence-electron chi connectivity index (χ2n) is 8.89. The average molecular weight is 616 g/mol. The summed E-state index contributed by atoms with van der Waals surface area (Å²) in [6.45, 7) is 7.57. The number of carbonyl (C=O) groups is 2. The Bertz CT molecular complexity index is 1590. The minimum absolute atomic E-state index is 0.106. The first-order chi connectivity index (χ1) is 18.3. The van der Waals surface area contributed by atoms with Crippen molar-refractivity contribution < 1.29 is 27.9 Å². The van der Waals surface area contributed by atoms with Crippen LogP contribution >= 0.6 is 47.1 Å². The van der Waals surface area contributed by atoms with E-state index in [2.05, 4.69) is 0 Å². The number of carboxylic acid groups (broad SMARTS) is 1. The molecule has 1 aromatic heterocycles. The maximum absolute atomic E-state index is 13.6. The van der Waals surface area contributed by atoms with Crippen LogP contribution in [-0.2, 0) is 22.3 Å². The van der Waals surface area contributed by atoms with Gasteiger partial charge in [-0.05, 0) is 49.6 Å². The number of halogens is 3. The lowest BCUT2D eigenvalue weighted by Crippen LogP contribution is -2.35. The topological polar surface area (TPSA) is 82.8 Å². The molecule has 3 heterocycles. The summed E-state index contributed by atoms with van der Waals surface area (Å²) in [5.74, 6) is -1.89. The lowest BCUT2D eigenvalue weighted by Gasteiger charge is -2.20. The summed E-state index contributed by atoms with van der Waals surface area (Å²) in [5.41, 5.74) is 0.114. The minimum Gasteiger partial charge on any atom is -0.480 e. The van der Waals surface area contributed by atoms with E-state index in [0.29, 0.717) is 36.9 Å². The fraction of sp³-hybridized carbons (Fsp3) is 0.360. The van der Waals surface area contributed by atoms with Crippen molar-refractivity contribution >= 4 is 79.4 Å². The second-order valence-corrected chi connectivity index (χ2v) is 12.6. The number of hydrogen-bond donors (Lipinski definition) is 1. The first-order valence-corrected chi connectivity index (χ1v) is 14.8. The number of benzene rings is 1. The molecule has 2 aromatic rings. The van der Waals surface area contributed by atoms with Gasteiger partial charge in [0.1, 0.15) is 20.4 Å². The van der Waals surface area contributed by atoms with Crippen LogP contribution in [0.25, 0.3) is 10.5 Å². The highest BCUT2D eigenvalue weighted by molar-refractivity contribution is 8.30. The fourth-order valence-corrected chi connectivity index (χ4v) is 8.12. The van der Waals surface area contributed by atoms with Gasteiger partial charge in [-0.2, -0.15) is 13.2 Å². The van der Waals surface area contributed by atoms with Crippen molar-refractivity contribution in [3.63, 3.8) is 0 Å². The van der Waals surface area contributed by atoms with Crippen LogP contribution < -0.4 is 19.7 Å². The van der Waals surface area contributed by atoms with Crippen molar-refractivity contribution in [3.8, 4) is 0 Å². The molecule has 1 fully saturated rings. The van der Waals surface area contributed by atoms with Gasteiger partial charge in [0.25, 0.3) is 11.5 Å². The van der Waals surface area contributed by atoms with Crippen LogP contribution in [0, 0.1) is 5.92 Å². The Labute approximate surface area is 239 Å². The molecule has 1 amide bonds. The highest BCUT2D eigenvalue weighted by Gasteiger charge is 2.36. The molecule has 208 valence electrons. The summed E-state index contributed by atoms with van der Waals surface area (Å²) in [7, 11) is 0. The SMILES string of the molecule is CCN1/C(=C/C(=c2/s/c(=C3\SC(=S)N(CC(=O)O)C3=O)n(CC)c2=O)C(C)C)Sc2ccc(C(F)(F)F)cc21. The molecule has 1 saturated heterocycles. The molecule has 2 aliphatic rings. The number of anilines is 1. The predicted molar refractivity (Wildman–Crippen MR) is 153 cm³/mol. The van der Waals surface area contributed by atoms with Crippen LogP contribution in [0.4, 0.5) is 18.9 Å². The monoisotopic (exact) mass is 615 g/mol. The van der Waals surface area contributed by atoms with Crippen LogP contribution in [-0.4, -0.2) is 43.9 Å². The third-order valence-corrected chi connectivity index (χ3v) is 9.98. The summed E-state index contributed by atoms with van der Waals surface area (Å²) >= 11 is 8.65. The molecular weight excluding hydrogens is 592 g/mol. The van der Waals surface area contributed by atoms with Crippen LogP contribution in [0.5, 0.6) is 0 Å². The van der Waals surface area contributed by atoms with Gasteiger partial charge in [-0.3, -0.25) is 23.9 Å². The first kappa shape index (κ1) is 29.4. The number of rotatable bonds is 6. The van der Waals surface area contributed by atoms with Crippen LogP contribution in [0.1, 0.15) is 33.3 Å². The standard InChI is InChI=1S/C25H24F3N3O4S4/c1-5-29-15-9-13(25(26,27)28)7-8-16(15)37-17(29)10-14(12(3)4)19-21(34)30(6-2)23(38-19)20-22(35)31(11-18(32)33)24(36)39-20/h7-10,12H,5-6,11H2,1-4H3,(H,32,33)/b17-10-,19-14-,23-20-. The van der Waals surface area contributed by atoms with Gasteiger partial charge < -0.3 is 10.0 Å². The molecule has 39 heavy (non-hydrogen) atoms. The molecule has 0 aliphatic carbocycles. The number of thioether (sulfide) groups is 2. The lowest BCUT2D eigenvalue weighted by molar-refractivity contribution is -0.140. The van der Waals surface area contributed by atoms with E-state index >= 15 is 0 Å². The van der Waals surface area contributed by atoms with E-state index in [1.54, 1.807) is 11.8 Å². The zero-order chi connectivity index (χ0) is 28.8. The average Bonchev–Trinajstić information content (AvgIpc) is 3.47. The number of carboxylic acids is 1. The van der Waals surface area contributed by atoms with Crippen molar-refractivity contribution in [3.05, 3.63) is 54.4 Å². The second kappa shape index (κ2) is 11.1. The number of alkyl halides is 3. The van der Waals surface area contributed by atoms with E-state index in [-0.39, 0.29) is 27.2 Å². The van der Waals surface area contributed by atoms with E-state index in [9.17, 15) is 27.6 Å². The van der Waals surface area contributed by atoms with E-state index in [4.69, 9.17) is 17.3 Å². The van der Waals surface area contributed by atoms with E-state index in [0.717, 1.165) is 40.1 Å². The molecule has 4 rings (SSSR count). The Morgan fingerprint density at radius 3 is 2.38 bits per heavy atom. The molecule has 1 N–H and O–H groups in total. The Balaban J connectivity index is 1.90. The molecule has 0 atom stereocenters. The largest absolute Gasteiger partial charge is 0.480 e. The fourth-order valence-electron chi connectivity index (χ4n) is 4.19. The van der Waals surface area contributed by atoms with Crippen LogP contribution in [0.15, 0.2) is 39.0 Å². The molecule has 0 saturated carbocycles. The normalized spacial score (nSPS) is 19.0. The molecule has 7 nitrogen and oxygen atoms in total. The smallest absolute Gasteiger partial charge is 0.416 e. The molecule has 0 spiro atoms. The summed E-state index contributed by atoms with van der Waals surface area (Å²) in [6.07, 6.45) is -2.63. The Morgan fingerprint density at radius 1 is 1.13 bits per heavy atom. The number of aliphatic carboxylic acids is 1. The molecule has 0 bridgehead atoms. The maximum Gasteiger partial charge on any atom is 0.416 e. The third kappa shape index (κ3) is 5.56. The Morgan fingerprint density at radius 2 is 1.82 bits per heavy atom. The van der Waals surface area contributed by atoms with Gasteiger partial charge in [-0.25, -0.2) is 0 Å². The highest BCUT2D eigenvalue weighted by atomic mass is 32.2. The van der Waals surface area contributed by atoms with E-state index < -0.39 is 30.2 Å². The van der Waals surface area contributed by atoms with Crippen LogP contribution in [0.2, 0.25) is 0 Å². The number of carbonyl (C=O) groups excluding carboxylic acids is 1. The molecular formula is C25H24F3N3O4S4. The molecule has 2 aliphatic heterocycles. The molecule has 1 aromatic carbocycles.